The number of fused-ring (bicyclic) bond motifs is 4. The standard InChI is InChI=1S/C24H18N6O/c31-24-22-21(30-23(28-27-22)19(15-26-30)16-6-2-1-3-7-16)11-13-29(24)12-10-17-14-25-20-9-5-4-8-18(17)20/h1-9,11,13-15,25H,10,12H2. The van der Waals surface area contributed by atoms with Gasteiger partial charge in [0, 0.05) is 35.4 Å². The molecule has 0 atom stereocenters. The van der Waals surface area contributed by atoms with Gasteiger partial charge >= 0.3 is 0 Å². The molecule has 0 saturated carbocycles. The number of aromatic amines is 1. The number of hydrogen-bond donors (Lipinski definition) is 1. The van der Waals surface area contributed by atoms with Crippen molar-refractivity contribution in [2.24, 2.45) is 0 Å². The van der Waals surface area contributed by atoms with E-state index in [1.165, 1.54) is 10.9 Å². The van der Waals surface area contributed by atoms with Gasteiger partial charge in [0.05, 0.1) is 6.20 Å². The number of hydrogen-bond acceptors (Lipinski definition) is 4. The average Bonchev–Trinajstić information content (AvgIpc) is 3.44. The van der Waals surface area contributed by atoms with Crippen molar-refractivity contribution in [2.75, 3.05) is 0 Å². The number of nitrogens with one attached hydrogen (secondary N) is 1. The average molecular weight is 406 g/mol. The van der Waals surface area contributed by atoms with Crippen LogP contribution >= 0.6 is 0 Å². The largest absolute Gasteiger partial charge is 0.361 e. The molecule has 0 aliphatic heterocycles. The van der Waals surface area contributed by atoms with E-state index in [2.05, 4.69) is 32.4 Å². The van der Waals surface area contributed by atoms with Gasteiger partial charge < -0.3 is 9.55 Å². The van der Waals surface area contributed by atoms with E-state index in [1.54, 1.807) is 15.3 Å². The molecule has 31 heavy (non-hydrogen) atoms. The van der Waals surface area contributed by atoms with Crippen molar-refractivity contribution < 1.29 is 0 Å². The lowest BCUT2D eigenvalue weighted by Crippen LogP contribution is -2.22. The topological polar surface area (TPSA) is 80.9 Å². The Labute approximate surface area is 176 Å². The first-order chi connectivity index (χ1) is 15.3. The molecule has 6 rings (SSSR count). The quantitative estimate of drug-likeness (QED) is 0.482. The lowest BCUT2D eigenvalue weighted by atomic mass is 10.1. The van der Waals surface area contributed by atoms with Gasteiger partial charge in [-0.05, 0) is 29.7 Å². The van der Waals surface area contributed by atoms with Gasteiger partial charge in [0.2, 0.25) is 0 Å². The molecule has 7 heteroatoms. The number of pyridine rings is 1. The van der Waals surface area contributed by atoms with Crippen LogP contribution in [-0.4, -0.2) is 29.4 Å². The lowest BCUT2D eigenvalue weighted by molar-refractivity contribution is 0.674. The third kappa shape index (κ3) is 2.82. The summed E-state index contributed by atoms with van der Waals surface area (Å²) < 4.78 is 3.38. The SMILES string of the molecule is O=c1c2nnc3c(-c4ccccc4)cnn3c2ccn1CCc1c[nH]c2ccccc12. The molecule has 0 amide bonds. The lowest BCUT2D eigenvalue weighted by Gasteiger charge is -2.07. The Kier molecular flexibility index (Phi) is 3.92. The molecule has 0 fully saturated rings. The zero-order valence-electron chi connectivity index (χ0n) is 16.6. The van der Waals surface area contributed by atoms with Crippen molar-refractivity contribution in [3.8, 4) is 11.1 Å². The van der Waals surface area contributed by atoms with Gasteiger partial charge in [0.1, 0.15) is 5.52 Å². The van der Waals surface area contributed by atoms with Crippen LogP contribution in [0.15, 0.2) is 84.0 Å². The Balaban J connectivity index is 1.38. The summed E-state index contributed by atoms with van der Waals surface area (Å²) in [6, 6.07) is 20.0. The van der Waals surface area contributed by atoms with Gasteiger partial charge in [-0.15, -0.1) is 10.2 Å². The maximum Gasteiger partial charge on any atom is 0.280 e. The van der Waals surface area contributed by atoms with Crippen molar-refractivity contribution in [3.05, 3.63) is 95.2 Å². The van der Waals surface area contributed by atoms with Crippen molar-refractivity contribution >= 4 is 27.6 Å². The van der Waals surface area contributed by atoms with Crippen LogP contribution in [0.25, 0.3) is 38.7 Å². The molecule has 0 spiro atoms. The summed E-state index contributed by atoms with van der Waals surface area (Å²) in [5.41, 5.74) is 5.63. The normalized spacial score (nSPS) is 11.6. The smallest absolute Gasteiger partial charge is 0.280 e. The van der Waals surface area contributed by atoms with Gasteiger partial charge in [-0.25, -0.2) is 4.52 Å². The molecule has 4 heterocycles. The first-order valence-electron chi connectivity index (χ1n) is 10.1. The first kappa shape index (κ1) is 17.6. The number of aromatic nitrogens is 6. The van der Waals surface area contributed by atoms with Crippen molar-refractivity contribution in [2.45, 2.75) is 13.0 Å². The van der Waals surface area contributed by atoms with Crippen LogP contribution in [0.1, 0.15) is 5.56 Å². The van der Waals surface area contributed by atoms with E-state index in [0.29, 0.717) is 23.2 Å². The highest BCUT2D eigenvalue weighted by molar-refractivity contribution is 5.83. The van der Waals surface area contributed by atoms with Crippen LogP contribution in [0.4, 0.5) is 0 Å². The minimum absolute atomic E-state index is 0.163. The van der Waals surface area contributed by atoms with Crippen molar-refractivity contribution in [1.29, 1.82) is 0 Å². The highest BCUT2D eigenvalue weighted by Crippen LogP contribution is 2.24. The Morgan fingerprint density at radius 2 is 1.77 bits per heavy atom. The summed E-state index contributed by atoms with van der Waals surface area (Å²) in [5, 5.41) is 14.3. The van der Waals surface area contributed by atoms with Crippen LogP contribution < -0.4 is 5.56 Å². The fraction of sp³-hybridized carbons (Fsp3) is 0.0833. The van der Waals surface area contributed by atoms with Gasteiger partial charge in [-0.3, -0.25) is 4.79 Å². The molecule has 2 aromatic carbocycles. The minimum Gasteiger partial charge on any atom is -0.361 e. The second-order valence-electron chi connectivity index (χ2n) is 7.52. The summed E-state index contributed by atoms with van der Waals surface area (Å²) >= 11 is 0. The third-order valence-corrected chi connectivity index (χ3v) is 5.72. The molecule has 4 aromatic heterocycles. The zero-order chi connectivity index (χ0) is 20.8. The van der Waals surface area contributed by atoms with Crippen LogP contribution in [0.3, 0.4) is 0 Å². The summed E-state index contributed by atoms with van der Waals surface area (Å²) in [4.78, 5) is 16.4. The predicted octanol–water partition coefficient (Wildman–Crippen LogP) is 3.83. The number of aryl methyl sites for hydroxylation is 2. The Hall–Kier alpha value is -4.26. The molecule has 6 aromatic rings. The zero-order valence-corrected chi connectivity index (χ0v) is 16.6. The molecule has 0 aliphatic carbocycles. The highest BCUT2D eigenvalue weighted by atomic mass is 16.1. The van der Waals surface area contributed by atoms with E-state index in [-0.39, 0.29) is 5.56 Å². The van der Waals surface area contributed by atoms with Crippen LogP contribution in [0.2, 0.25) is 0 Å². The predicted molar refractivity (Wildman–Crippen MR) is 120 cm³/mol. The maximum atomic E-state index is 13.1. The molecule has 0 bridgehead atoms. The van der Waals surface area contributed by atoms with Crippen LogP contribution in [-0.2, 0) is 13.0 Å². The fourth-order valence-electron chi connectivity index (χ4n) is 4.11. The van der Waals surface area contributed by atoms with E-state index in [4.69, 9.17) is 0 Å². The van der Waals surface area contributed by atoms with Crippen molar-refractivity contribution in [3.63, 3.8) is 0 Å². The van der Waals surface area contributed by atoms with Gasteiger partial charge in [0.25, 0.3) is 5.56 Å². The number of H-pyrrole nitrogens is 1. The monoisotopic (exact) mass is 406 g/mol. The van der Waals surface area contributed by atoms with Crippen LogP contribution in [0, 0.1) is 0 Å². The number of rotatable bonds is 4. The number of para-hydroxylation sites is 1. The first-order valence-corrected chi connectivity index (χ1v) is 10.1. The summed E-state index contributed by atoms with van der Waals surface area (Å²) in [5.74, 6) is 0. The molecule has 150 valence electrons. The molecule has 0 unspecified atom stereocenters. The molecule has 0 saturated heterocycles. The van der Waals surface area contributed by atoms with E-state index >= 15 is 0 Å². The fourth-order valence-corrected chi connectivity index (χ4v) is 4.11. The Morgan fingerprint density at radius 1 is 0.935 bits per heavy atom. The molecule has 0 aliphatic rings. The summed E-state index contributed by atoms with van der Waals surface area (Å²) in [6.07, 6.45) is 6.33. The van der Waals surface area contributed by atoms with Gasteiger partial charge in [0.15, 0.2) is 11.2 Å². The minimum atomic E-state index is -0.163. The summed E-state index contributed by atoms with van der Waals surface area (Å²) in [6.45, 7) is 0.560. The van der Waals surface area contributed by atoms with E-state index in [1.807, 2.05) is 60.9 Å². The van der Waals surface area contributed by atoms with E-state index in [9.17, 15) is 4.79 Å². The molecular formula is C24H18N6O. The third-order valence-electron chi connectivity index (χ3n) is 5.72. The summed E-state index contributed by atoms with van der Waals surface area (Å²) in [7, 11) is 0. The van der Waals surface area contributed by atoms with Gasteiger partial charge in [-0.1, -0.05) is 48.5 Å². The molecule has 1 N–H and O–H groups in total. The van der Waals surface area contributed by atoms with Gasteiger partial charge in [-0.2, -0.15) is 5.10 Å². The Bertz CT molecular complexity index is 1610. The Morgan fingerprint density at radius 3 is 2.68 bits per heavy atom. The number of nitrogens with zero attached hydrogens (tertiary/aromatic N) is 5. The molecular weight excluding hydrogens is 388 g/mol. The van der Waals surface area contributed by atoms with E-state index in [0.717, 1.165) is 23.1 Å². The molecule has 0 radical (unpaired) electrons. The van der Waals surface area contributed by atoms with E-state index < -0.39 is 0 Å². The van der Waals surface area contributed by atoms with Crippen LogP contribution in [0.5, 0.6) is 0 Å². The molecule has 7 nitrogen and oxygen atoms in total. The number of benzene rings is 2. The maximum absolute atomic E-state index is 13.1. The second-order valence-corrected chi connectivity index (χ2v) is 7.52. The second kappa shape index (κ2) is 6.91. The highest BCUT2D eigenvalue weighted by Gasteiger charge is 2.14. The van der Waals surface area contributed by atoms with Crippen molar-refractivity contribution in [1.82, 2.24) is 29.4 Å².